The van der Waals surface area contributed by atoms with Gasteiger partial charge >= 0.3 is 83.0 Å². The topological polar surface area (TPSA) is 230 Å². The number of rotatable bonds is 4. The molecule has 8 N–H and O–H groups in total. The van der Waals surface area contributed by atoms with Crippen LogP contribution in [0.2, 0.25) is 0 Å². The third kappa shape index (κ3) is 14.0. The molecule has 0 unspecified atom stereocenters. The summed E-state index contributed by atoms with van der Waals surface area (Å²) in [6, 6.07) is 23.2. The number of hydrogen-bond acceptors (Lipinski definition) is 8. The van der Waals surface area contributed by atoms with Crippen LogP contribution in [0, 0.1) is 0 Å². The first kappa shape index (κ1) is 40.1. The van der Waals surface area contributed by atoms with Crippen molar-refractivity contribution in [3.63, 3.8) is 0 Å². The largest absolute Gasteiger partial charge is 1.00 e. The molecule has 0 aliphatic rings. The van der Waals surface area contributed by atoms with E-state index in [1.807, 2.05) is 0 Å². The summed E-state index contributed by atoms with van der Waals surface area (Å²) < 4.78 is 0. The Balaban J connectivity index is -0.000000235. The first-order chi connectivity index (χ1) is 18.9. The number of carboxylic acids is 4. The van der Waals surface area contributed by atoms with Crippen LogP contribution in [0.1, 0.15) is 44.3 Å². The Morgan fingerprint density at radius 1 is 0.357 bits per heavy atom. The Hall–Kier alpha value is -4.04. The van der Waals surface area contributed by atoms with Crippen molar-refractivity contribution in [3.05, 3.63) is 119 Å². The number of para-hydroxylation sites is 4. The molecule has 0 atom stereocenters. The number of hydrogen-bond donors (Lipinski definition) is 8. The Morgan fingerprint density at radius 3 is 0.595 bits per heavy atom. The van der Waals surface area contributed by atoms with Gasteiger partial charge in [-0.1, -0.05) is 48.5 Å². The molecule has 0 aliphatic carbocycles. The maximum absolute atomic E-state index is 10.3. The quantitative estimate of drug-likeness (QED) is 0.126. The molecular weight excluding hydrogens is 574 g/mol. The van der Waals surface area contributed by atoms with Crippen molar-refractivity contribution >= 4 is 23.9 Å². The van der Waals surface area contributed by atoms with Gasteiger partial charge in [-0.2, -0.15) is 0 Å². The van der Waals surface area contributed by atoms with Crippen molar-refractivity contribution in [1.29, 1.82) is 0 Å². The first-order valence-corrected chi connectivity index (χ1v) is 10.9. The van der Waals surface area contributed by atoms with Gasteiger partial charge < -0.3 is 43.7 Å². The average Bonchev–Trinajstić information content (AvgIpc) is 2.90. The summed E-state index contributed by atoms with van der Waals surface area (Å²) in [5.74, 6) is -5.25. The van der Waals surface area contributed by atoms with Gasteiger partial charge in [0.2, 0.25) is 0 Å². The van der Waals surface area contributed by atoms with Gasteiger partial charge in [0.15, 0.2) is 0 Å². The van der Waals surface area contributed by atoms with E-state index in [0.29, 0.717) is 0 Å². The van der Waals surface area contributed by atoms with Gasteiger partial charge in [0.1, 0.15) is 45.3 Å². The van der Waals surface area contributed by atoms with Crippen LogP contribution in [0.15, 0.2) is 97.1 Å². The standard InChI is InChI=1S/4C7H6O3.2Na.2H/c4*8-6-4-2-1-3-5(6)7(9)10;;;;/h4*1-4,8H,(H,9,10);;;;/q;;;;2*+1;2*-1. The maximum Gasteiger partial charge on any atom is 1.00 e. The number of aromatic carboxylic acids is 4. The number of carboxylic acid groups (broad SMARTS) is 4. The van der Waals surface area contributed by atoms with Gasteiger partial charge in [0.25, 0.3) is 0 Å². The Labute approximate surface area is 286 Å². The van der Waals surface area contributed by atoms with Crippen molar-refractivity contribution in [2.45, 2.75) is 0 Å². The molecule has 0 aliphatic heterocycles. The second-order valence-electron chi connectivity index (χ2n) is 7.29. The number of carbonyl (C=O) groups is 4. The zero-order valence-electron chi connectivity index (χ0n) is 24.4. The Morgan fingerprint density at radius 2 is 0.500 bits per heavy atom. The summed E-state index contributed by atoms with van der Waals surface area (Å²) in [4.78, 5) is 41.0. The summed E-state index contributed by atoms with van der Waals surface area (Å²) in [6.45, 7) is 0. The summed E-state index contributed by atoms with van der Waals surface area (Å²) in [5, 5.41) is 69.2. The third-order valence-corrected chi connectivity index (χ3v) is 4.54. The molecule has 4 rings (SSSR count). The van der Waals surface area contributed by atoms with E-state index in [9.17, 15) is 19.2 Å². The number of benzene rings is 4. The fourth-order valence-corrected chi connectivity index (χ4v) is 2.62. The van der Waals surface area contributed by atoms with E-state index in [0.717, 1.165) is 0 Å². The molecular formula is C28H26Na2O12. The van der Waals surface area contributed by atoms with Crippen LogP contribution >= 0.6 is 0 Å². The van der Waals surface area contributed by atoms with Gasteiger partial charge in [-0.25, -0.2) is 19.2 Å². The molecule has 212 valence electrons. The molecule has 42 heavy (non-hydrogen) atoms. The predicted molar refractivity (Wildman–Crippen MR) is 142 cm³/mol. The molecule has 0 heterocycles. The van der Waals surface area contributed by atoms with E-state index in [2.05, 4.69) is 0 Å². The fourth-order valence-electron chi connectivity index (χ4n) is 2.62. The van der Waals surface area contributed by atoms with Crippen molar-refractivity contribution in [2.75, 3.05) is 0 Å². The molecule has 14 heteroatoms. The molecule has 0 radical (unpaired) electrons. The van der Waals surface area contributed by atoms with Crippen molar-refractivity contribution in [3.8, 4) is 23.0 Å². The number of aromatic hydroxyl groups is 4. The predicted octanol–water partition coefficient (Wildman–Crippen LogP) is -1.41. The van der Waals surface area contributed by atoms with Crippen LogP contribution in [-0.2, 0) is 0 Å². The van der Waals surface area contributed by atoms with Crippen LogP contribution in [0.4, 0.5) is 0 Å². The molecule has 4 aromatic rings. The molecule has 0 amide bonds. The van der Waals surface area contributed by atoms with Crippen LogP contribution in [0.25, 0.3) is 0 Å². The monoisotopic (exact) mass is 600 g/mol. The van der Waals surface area contributed by atoms with Crippen LogP contribution in [0.5, 0.6) is 23.0 Å². The minimum atomic E-state index is -1.11. The first-order valence-electron chi connectivity index (χ1n) is 10.9. The molecule has 0 bridgehead atoms. The van der Waals surface area contributed by atoms with E-state index < -0.39 is 23.9 Å². The van der Waals surface area contributed by atoms with Crippen molar-refractivity contribution in [1.82, 2.24) is 0 Å². The van der Waals surface area contributed by atoms with Gasteiger partial charge in [0.05, 0.1) is 0 Å². The van der Waals surface area contributed by atoms with Crippen molar-refractivity contribution in [2.24, 2.45) is 0 Å². The zero-order chi connectivity index (χ0) is 30.2. The number of phenols is 4. The van der Waals surface area contributed by atoms with Crippen LogP contribution in [-0.4, -0.2) is 64.7 Å². The van der Waals surface area contributed by atoms with E-state index >= 15 is 0 Å². The van der Waals surface area contributed by atoms with Gasteiger partial charge in [-0.05, 0) is 48.5 Å². The molecule has 0 saturated carbocycles. The normalized spacial score (nSPS) is 8.76. The van der Waals surface area contributed by atoms with Gasteiger partial charge in [-0.3, -0.25) is 0 Å². The average molecular weight is 600 g/mol. The minimum absolute atomic E-state index is 0. The Kier molecular flexibility index (Phi) is 19.8. The van der Waals surface area contributed by atoms with E-state index in [4.69, 9.17) is 40.9 Å². The molecule has 0 saturated heterocycles. The van der Waals surface area contributed by atoms with Gasteiger partial charge in [0, 0.05) is 0 Å². The van der Waals surface area contributed by atoms with Gasteiger partial charge in [-0.15, -0.1) is 0 Å². The van der Waals surface area contributed by atoms with Crippen LogP contribution in [0.3, 0.4) is 0 Å². The third-order valence-electron chi connectivity index (χ3n) is 4.54. The molecule has 4 aromatic carbocycles. The Bertz CT molecular complexity index is 1260. The second-order valence-corrected chi connectivity index (χ2v) is 7.29. The maximum atomic E-state index is 10.3. The fraction of sp³-hybridized carbons (Fsp3) is 0. The molecule has 0 aromatic heterocycles. The molecule has 12 nitrogen and oxygen atoms in total. The van der Waals surface area contributed by atoms with E-state index in [1.54, 1.807) is 48.5 Å². The summed E-state index contributed by atoms with van der Waals surface area (Å²) in [7, 11) is 0. The van der Waals surface area contributed by atoms with Crippen LogP contribution < -0.4 is 59.1 Å². The molecule has 0 fully saturated rings. The zero-order valence-corrected chi connectivity index (χ0v) is 26.4. The summed E-state index contributed by atoms with van der Waals surface area (Å²) in [6.07, 6.45) is 0. The molecule has 0 spiro atoms. The second kappa shape index (κ2) is 20.8. The van der Waals surface area contributed by atoms with E-state index in [1.165, 1.54) is 48.5 Å². The summed E-state index contributed by atoms with van der Waals surface area (Å²) in [5.41, 5.74) is -0.269. The van der Waals surface area contributed by atoms with Crippen molar-refractivity contribution < 1.29 is 122 Å². The SMILES string of the molecule is O=C(O)c1ccccc1O.O=C(O)c1ccccc1O.O=C(O)c1ccccc1O.O=C(O)c1ccccc1O.[H-].[H-].[Na+].[Na+]. The minimum Gasteiger partial charge on any atom is -1.00 e. The smallest absolute Gasteiger partial charge is 1.00 e. The summed E-state index contributed by atoms with van der Waals surface area (Å²) >= 11 is 0. The van der Waals surface area contributed by atoms with E-state index in [-0.39, 0.29) is 107 Å².